The zero-order chi connectivity index (χ0) is 17.2. The molecule has 25 heavy (non-hydrogen) atoms. The Labute approximate surface area is 151 Å². The summed E-state index contributed by atoms with van der Waals surface area (Å²) < 4.78 is 1.04. The molecule has 0 bridgehead atoms. The van der Waals surface area contributed by atoms with Crippen molar-refractivity contribution in [3.05, 3.63) is 47.7 Å². The molecule has 4 heterocycles. The van der Waals surface area contributed by atoms with Crippen molar-refractivity contribution in [2.75, 3.05) is 7.05 Å². The lowest BCUT2D eigenvalue weighted by molar-refractivity contribution is 1.09. The van der Waals surface area contributed by atoms with E-state index in [1.807, 2.05) is 29.6 Å². The third-order valence-corrected chi connectivity index (χ3v) is 5.49. The first-order chi connectivity index (χ1) is 12.3. The van der Waals surface area contributed by atoms with E-state index < -0.39 is 0 Å². The molecule has 0 fully saturated rings. The van der Waals surface area contributed by atoms with Crippen LogP contribution in [0.4, 0.5) is 0 Å². The minimum atomic E-state index is 0.520. The first-order valence-electron chi connectivity index (χ1n) is 7.36. The first kappa shape index (κ1) is 15.7. The average Bonchev–Trinajstić information content (AvgIpc) is 3.33. The summed E-state index contributed by atoms with van der Waals surface area (Å²) in [5.74, 6) is 0.520. The van der Waals surface area contributed by atoms with Gasteiger partial charge in [0.1, 0.15) is 16.4 Å². The fourth-order valence-corrected chi connectivity index (χ4v) is 4.08. The highest BCUT2D eigenvalue weighted by Gasteiger charge is 2.16. The number of hydrogen-bond donors (Lipinski definition) is 0. The van der Waals surface area contributed by atoms with Gasteiger partial charge >= 0.3 is 0 Å². The van der Waals surface area contributed by atoms with Crippen LogP contribution in [0.3, 0.4) is 0 Å². The second-order valence-corrected chi connectivity index (χ2v) is 6.95. The lowest BCUT2D eigenvalue weighted by atomic mass is 10.2. The van der Waals surface area contributed by atoms with Crippen molar-refractivity contribution in [1.82, 2.24) is 20.2 Å². The third kappa shape index (κ3) is 2.86. The first-order valence-corrected chi connectivity index (χ1v) is 9.06. The molecule has 0 aromatic carbocycles. The summed E-state index contributed by atoms with van der Waals surface area (Å²) in [4.78, 5) is 17.0. The van der Waals surface area contributed by atoms with Gasteiger partial charge in [-0.3, -0.25) is 9.98 Å². The molecule has 0 saturated carbocycles. The van der Waals surface area contributed by atoms with E-state index in [1.54, 1.807) is 30.8 Å². The largest absolute Gasteiger partial charge is 0.268 e. The maximum Gasteiger partial charge on any atom is 0.174 e. The molecule has 8 heteroatoms. The SMILES string of the molecule is C=NC(=NC)c1nc(-c2nnc(-c3cccnc3)s2)cc2ccsc12. The van der Waals surface area contributed by atoms with Crippen molar-refractivity contribution >= 4 is 45.3 Å². The Morgan fingerprint density at radius 2 is 2.08 bits per heavy atom. The minimum absolute atomic E-state index is 0.520. The van der Waals surface area contributed by atoms with Crippen molar-refractivity contribution in [3.8, 4) is 21.3 Å². The summed E-state index contributed by atoms with van der Waals surface area (Å²) >= 11 is 3.09. The molecule has 0 saturated heterocycles. The molecule has 0 atom stereocenters. The zero-order valence-corrected chi connectivity index (χ0v) is 14.9. The van der Waals surface area contributed by atoms with Gasteiger partial charge in [0.15, 0.2) is 10.8 Å². The number of nitrogens with zero attached hydrogens (tertiary/aromatic N) is 6. The van der Waals surface area contributed by atoms with Crippen LogP contribution in [0.25, 0.3) is 31.4 Å². The van der Waals surface area contributed by atoms with E-state index in [0.717, 1.165) is 37.1 Å². The quantitative estimate of drug-likeness (QED) is 0.407. The van der Waals surface area contributed by atoms with E-state index >= 15 is 0 Å². The van der Waals surface area contributed by atoms with Crippen LogP contribution in [-0.4, -0.2) is 39.8 Å². The van der Waals surface area contributed by atoms with E-state index in [9.17, 15) is 0 Å². The van der Waals surface area contributed by atoms with Crippen LogP contribution in [-0.2, 0) is 0 Å². The summed E-state index contributed by atoms with van der Waals surface area (Å²) in [5, 5.41) is 13.2. The maximum absolute atomic E-state index is 4.73. The Balaban J connectivity index is 1.85. The number of hydrogen-bond acceptors (Lipinski definition) is 7. The van der Waals surface area contributed by atoms with Crippen LogP contribution < -0.4 is 0 Å². The van der Waals surface area contributed by atoms with Crippen LogP contribution in [0, 0.1) is 0 Å². The number of rotatable bonds is 3. The molecule has 4 aromatic heterocycles. The summed E-state index contributed by atoms with van der Waals surface area (Å²) in [5.41, 5.74) is 2.41. The van der Waals surface area contributed by atoms with Gasteiger partial charge < -0.3 is 0 Å². The molecule has 0 aliphatic carbocycles. The number of aromatic nitrogens is 4. The van der Waals surface area contributed by atoms with Crippen molar-refractivity contribution in [1.29, 1.82) is 0 Å². The Morgan fingerprint density at radius 3 is 2.84 bits per heavy atom. The van der Waals surface area contributed by atoms with Crippen molar-refractivity contribution in [2.24, 2.45) is 9.98 Å². The molecule has 6 nitrogen and oxygen atoms in total. The Kier molecular flexibility index (Phi) is 4.12. The van der Waals surface area contributed by atoms with Crippen molar-refractivity contribution in [3.63, 3.8) is 0 Å². The average molecular weight is 364 g/mol. The number of aliphatic imine (C=N–C) groups is 2. The van der Waals surface area contributed by atoms with Gasteiger partial charge in [-0.05, 0) is 41.7 Å². The third-order valence-electron chi connectivity index (χ3n) is 3.56. The lowest BCUT2D eigenvalue weighted by Crippen LogP contribution is -2.01. The van der Waals surface area contributed by atoms with Gasteiger partial charge in [-0.15, -0.1) is 21.5 Å². The molecule has 0 N–H and O–H groups in total. The van der Waals surface area contributed by atoms with Gasteiger partial charge in [0.05, 0.1) is 4.70 Å². The van der Waals surface area contributed by atoms with Gasteiger partial charge in [0, 0.05) is 25.0 Å². The van der Waals surface area contributed by atoms with Gasteiger partial charge in [-0.25, -0.2) is 9.98 Å². The van der Waals surface area contributed by atoms with Crippen LogP contribution in [0.5, 0.6) is 0 Å². The number of thiophene rings is 1. The summed E-state index contributed by atoms with van der Waals surface area (Å²) in [6.45, 7) is 3.60. The molecule has 4 aromatic rings. The Hall–Kier alpha value is -2.84. The Bertz CT molecular complexity index is 1080. The minimum Gasteiger partial charge on any atom is -0.268 e. The highest BCUT2D eigenvalue weighted by molar-refractivity contribution is 7.18. The van der Waals surface area contributed by atoms with Crippen molar-refractivity contribution in [2.45, 2.75) is 0 Å². The number of pyridine rings is 2. The van der Waals surface area contributed by atoms with Crippen molar-refractivity contribution < 1.29 is 0 Å². The molecule has 0 amide bonds. The van der Waals surface area contributed by atoms with Gasteiger partial charge in [-0.1, -0.05) is 11.3 Å². The number of amidine groups is 1. The fraction of sp³-hybridized carbons (Fsp3) is 0.0588. The van der Waals surface area contributed by atoms with E-state index in [0.29, 0.717) is 5.84 Å². The van der Waals surface area contributed by atoms with Gasteiger partial charge in [0.25, 0.3) is 0 Å². The molecular formula is C17H12N6S2. The summed E-state index contributed by atoms with van der Waals surface area (Å²) in [7, 11) is 1.68. The van der Waals surface area contributed by atoms with E-state index in [-0.39, 0.29) is 0 Å². The predicted octanol–water partition coefficient (Wildman–Crippen LogP) is 3.95. The van der Waals surface area contributed by atoms with Crippen LogP contribution in [0.15, 0.2) is 52.0 Å². The topological polar surface area (TPSA) is 76.3 Å². The molecule has 0 aliphatic rings. The molecule has 4 rings (SSSR count). The van der Waals surface area contributed by atoms with Gasteiger partial charge in [-0.2, -0.15) is 0 Å². The molecule has 0 spiro atoms. The van der Waals surface area contributed by atoms with E-state index in [2.05, 4.69) is 31.9 Å². The monoisotopic (exact) mass is 364 g/mol. The molecule has 0 aliphatic heterocycles. The maximum atomic E-state index is 4.73. The highest BCUT2D eigenvalue weighted by atomic mass is 32.1. The molecule has 0 radical (unpaired) electrons. The predicted molar refractivity (Wildman–Crippen MR) is 104 cm³/mol. The zero-order valence-electron chi connectivity index (χ0n) is 13.2. The van der Waals surface area contributed by atoms with Gasteiger partial charge in [0.2, 0.25) is 0 Å². The smallest absolute Gasteiger partial charge is 0.174 e. The number of fused-ring (bicyclic) bond motifs is 1. The normalized spacial score (nSPS) is 11.8. The highest BCUT2D eigenvalue weighted by Crippen LogP contribution is 2.32. The summed E-state index contributed by atoms with van der Waals surface area (Å²) in [6.07, 6.45) is 3.51. The summed E-state index contributed by atoms with van der Waals surface area (Å²) in [6, 6.07) is 7.90. The second-order valence-electron chi connectivity index (χ2n) is 5.05. The van der Waals surface area contributed by atoms with E-state index in [4.69, 9.17) is 4.98 Å². The molecular weight excluding hydrogens is 352 g/mol. The standard InChI is InChI=1S/C17H12N6S2/c1-18-15(19-2)13-14-10(5-7-24-14)8-12(21-13)17-23-22-16(25-17)11-4-3-6-20-9-11/h3-9H,1H2,2H3. The van der Waals surface area contributed by atoms with Crippen LogP contribution in [0.2, 0.25) is 0 Å². The van der Waals surface area contributed by atoms with E-state index in [1.165, 1.54) is 11.3 Å². The molecule has 0 unspecified atom stereocenters. The lowest BCUT2D eigenvalue weighted by Gasteiger charge is -2.04. The second kappa shape index (κ2) is 6.58. The fourth-order valence-electron chi connectivity index (χ4n) is 2.42. The molecule has 122 valence electrons. The van der Waals surface area contributed by atoms with Crippen LogP contribution >= 0.6 is 22.7 Å². The Morgan fingerprint density at radius 1 is 1.20 bits per heavy atom. The van der Waals surface area contributed by atoms with Crippen LogP contribution in [0.1, 0.15) is 5.69 Å².